The largest absolute Gasteiger partial charge is 0.320 e. The molecule has 1 amide bonds. The molecule has 106 valence electrons. The molecule has 0 radical (unpaired) electrons. The second-order valence-electron chi connectivity index (χ2n) is 5.24. The zero-order chi connectivity index (χ0) is 14.7. The van der Waals surface area contributed by atoms with Crippen molar-refractivity contribution >= 4 is 23.2 Å². The average Bonchev–Trinajstić information content (AvgIpc) is 2.82. The van der Waals surface area contributed by atoms with Gasteiger partial charge in [0.05, 0.1) is 0 Å². The fraction of sp³-hybridized carbons (Fsp3) is 0.333. The van der Waals surface area contributed by atoms with Gasteiger partial charge in [0, 0.05) is 16.4 Å². The third-order valence-corrected chi connectivity index (χ3v) is 3.42. The van der Waals surface area contributed by atoms with Crippen LogP contribution in [0.3, 0.4) is 0 Å². The Morgan fingerprint density at radius 3 is 2.90 bits per heavy atom. The minimum absolute atomic E-state index is 0.235. The maximum Gasteiger partial charge on any atom is 0.276 e. The number of rotatable bonds is 4. The smallest absolute Gasteiger partial charge is 0.276 e. The number of anilines is 1. The maximum atomic E-state index is 12.1. The second-order valence-corrected chi connectivity index (χ2v) is 5.65. The van der Waals surface area contributed by atoms with E-state index in [-0.39, 0.29) is 5.91 Å². The first-order chi connectivity index (χ1) is 9.47. The molecule has 0 aliphatic heterocycles. The van der Waals surface area contributed by atoms with Crippen LogP contribution in [0.5, 0.6) is 0 Å². The normalized spacial score (nSPS) is 10.8. The number of halogens is 1. The molecule has 0 aliphatic rings. The number of aromatic nitrogens is 2. The summed E-state index contributed by atoms with van der Waals surface area (Å²) >= 11 is 6.03. The SMILES string of the molecule is Cc1c(Cl)cccc1NC(=O)c1cc(CC(C)C)[nH]n1. The van der Waals surface area contributed by atoms with Gasteiger partial charge in [-0.05, 0) is 43.0 Å². The zero-order valence-corrected chi connectivity index (χ0v) is 12.6. The highest BCUT2D eigenvalue weighted by Crippen LogP contribution is 2.23. The van der Waals surface area contributed by atoms with Crippen LogP contribution in [-0.4, -0.2) is 16.1 Å². The van der Waals surface area contributed by atoms with Gasteiger partial charge in [0.1, 0.15) is 0 Å². The van der Waals surface area contributed by atoms with Gasteiger partial charge >= 0.3 is 0 Å². The molecule has 0 bridgehead atoms. The summed E-state index contributed by atoms with van der Waals surface area (Å²) in [5, 5.41) is 10.4. The molecular formula is C15H18ClN3O. The molecule has 2 N–H and O–H groups in total. The van der Waals surface area contributed by atoms with Crippen molar-refractivity contribution in [2.75, 3.05) is 5.32 Å². The predicted molar refractivity (Wildman–Crippen MR) is 81.3 cm³/mol. The topological polar surface area (TPSA) is 57.8 Å². The lowest BCUT2D eigenvalue weighted by Gasteiger charge is -2.07. The summed E-state index contributed by atoms with van der Waals surface area (Å²) < 4.78 is 0. The highest BCUT2D eigenvalue weighted by atomic mass is 35.5. The first-order valence-corrected chi connectivity index (χ1v) is 6.96. The highest BCUT2D eigenvalue weighted by molar-refractivity contribution is 6.31. The summed E-state index contributed by atoms with van der Waals surface area (Å²) in [7, 11) is 0. The van der Waals surface area contributed by atoms with Crippen LogP contribution in [0.25, 0.3) is 0 Å². The summed E-state index contributed by atoms with van der Waals surface area (Å²) in [5.41, 5.74) is 2.91. The van der Waals surface area contributed by atoms with Crippen molar-refractivity contribution in [3.63, 3.8) is 0 Å². The Labute approximate surface area is 123 Å². The third kappa shape index (κ3) is 3.39. The number of hydrogen-bond donors (Lipinski definition) is 2. The molecule has 0 unspecified atom stereocenters. The van der Waals surface area contributed by atoms with Crippen LogP contribution in [0.2, 0.25) is 5.02 Å². The molecule has 0 fully saturated rings. The number of hydrogen-bond acceptors (Lipinski definition) is 2. The Hall–Kier alpha value is -1.81. The van der Waals surface area contributed by atoms with Crippen LogP contribution in [0, 0.1) is 12.8 Å². The number of carbonyl (C=O) groups excluding carboxylic acids is 1. The number of H-pyrrole nitrogens is 1. The molecule has 0 atom stereocenters. The average molecular weight is 292 g/mol. The van der Waals surface area contributed by atoms with E-state index in [1.165, 1.54) is 0 Å². The zero-order valence-electron chi connectivity index (χ0n) is 11.8. The standard InChI is InChI=1S/C15H18ClN3O/c1-9(2)7-11-8-14(19-18-11)15(20)17-13-6-4-5-12(16)10(13)3/h4-6,8-9H,7H2,1-3H3,(H,17,20)(H,18,19). The van der Waals surface area contributed by atoms with E-state index in [0.29, 0.717) is 22.3 Å². The van der Waals surface area contributed by atoms with E-state index in [0.717, 1.165) is 17.7 Å². The first-order valence-electron chi connectivity index (χ1n) is 6.58. The number of benzene rings is 1. The van der Waals surface area contributed by atoms with Crippen LogP contribution < -0.4 is 5.32 Å². The second kappa shape index (κ2) is 6.09. The molecule has 0 saturated carbocycles. The Morgan fingerprint density at radius 1 is 1.45 bits per heavy atom. The van der Waals surface area contributed by atoms with Crippen molar-refractivity contribution in [3.05, 3.63) is 46.2 Å². The van der Waals surface area contributed by atoms with Crippen LogP contribution in [0.1, 0.15) is 35.6 Å². The van der Waals surface area contributed by atoms with Gasteiger partial charge in [0.2, 0.25) is 0 Å². The van der Waals surface area contributed by atoms with Crippen molar-refractivity contribution in [2.24, 2.45) is 5.92 Å². The van der Waals surface area contributed by atoms with Crippen molar-refractivity contribution in [1.82, 2.24) is 10.2 Å². The van der Waals surface area contributed by atoms with E-state index in [1.807, 2.05) is 13.0 Å². The van der Waals surface area contributed by atoms with E-state index < -0.39 is 0 Å². The first kappa shape index (κ1) is 14.6. The van der Waals surface area contributed by atoms with Gasteiger partial charge in [0.25, 0.3) is 5.91 Å². The number of nitrogens with one attached hydrogen (secondary N) is 2. The van der Waals surface area contributed by atoms with Crippen molar-refractivity contribution in [2.45, 2.75) is 27.2 Å². The molecule has 1 heterocycles. The summed E-state index contributed by atoms with van der Waals surface area (Å²) in [4.78, 5) is 12.1. The van der Waals surface area contributed by atoms with Gasteiger partial charge in [0.15, 0.2) is 5.69 Å². The van der Waals surface area contributed by atoms with Crippen LogP contribution >= 0.6 is 11.6 Å². The Kier molecular flexibility index (Phi) is 4.45. The van der Waals surface area contributed by atoms with Gasteiger partial charge in [-0.3, -0.25) is 9.89 Å². The van der Waals surface area contributed by atoms with Crippen LogP contribution in [0.15, 0.2) is 24.3 Å². The molecule has 4 nitrogen and oxygen atoms in total. The summed E-state index contributed by atoms with van der Waals surface area (Å²) in [5.74, 6) is 0.281. The lowest BCUT2D eigenvalue weighted by molar-refractivity contribution is 0.102. The van der Waals surface area contributed by atoms with E-state index in [9.17, 15) is 4.79 Å². The summed E-state index contributed by atoms with van der Waals surface area (Å²) in [6, 6.07) is 7.21. The van der Waals surface area contributed by atoms with Crippen LogP contribution in [-0.2, 0) is 6.42 Å². The molecular weight excluding hydrogens is 274 g/mol. The Morgan fingerprint density at radius 2 is 2.20 bits per heavy atom. The number of carbonyl (C=O) groups is 1. The fourth-order valence-electron chi connectivity index (χ4n) is 1.95. The number of nitrogens with zero attached hydrogens (tertiary/aromatic N) is 1. The van der Waals surface area contributed by atoms with Crippen molar-refractivity contribution in [1.29, 1.82) is 0 Å². The number of aromatic amines is 1. The van der Waals surface area contributed by atoms with Gasteiger partial charge in [-0.25, -0.2) is 0 Å². The van der Waals surface area contributed by atoms with Crippen molar-refractivity contribution < 1.29 is 4.79 Å². The molecule has 5 heteroatoms. The lowest BCUT2D eigenvalue weighted by atomic mass is 10.1. The summed E-state index contributed by atoms with van der Waals surface area (Å²) in [6.45, 7) is 6.11. The molecule has 0 aliphatic carbocycles. The minimum atomic E-state index is -0.235. The van der Waals surface area contributed by atoms with Crippen molar-refractivity contribution in [3.8, 4) is 0 Å². The molecule has 1 aromatic heterocycles. The quantitative estimate of drug-likeness (QED) is 0.899. The Bertz CT molecular complexity index is 619. The molecule has 1 aromatic carbocycles. The molecule has 2 aromatic rings. The van der Waals surface area contributed by atoms with Gasteiger partial charge < -0.3 is 5.32 Å². The van der Waals surface area contributed by atoms with E-state index in [2.05, 4.69) is 29.4 Å². The molecule has 2 rings (SSSR count). The van der Waals surface area contributed by atoms with Gasteiger partial charge in [-0.1, -0.05) is 31.5 Å². The van der Waals surface area contributed by atoms with E-state index in [4.69, 9.17) is 11.6 Å². The molecule has 0 spiro atoms. The molecule has 0 saturated heterocycles. The molecule has 20 heavy (non-hydrogen) atoms. The van der Waals surface area contributed by atoms with Gasteiger partial charge in [-0.15, -0.1) is 0 Å². The monoisotopic (exact) mass is 291 g/mol. The minimum Gasteiger partial charge on any atom is -0.320 e. The Balaban J connectivity index is 2.12. The fourth-order valence-corrected chi connectivity index (χ4v) is 2.13. The van der Waals surface area contributed by atoms with Crippen LogP contribution in [0.4, 0.5) is 5.69 Å². The highest BCUT2D eigenvalue weighted by Gasteiger charge is 2.13. The summed E-state index contributed by atoms with van der Waals surface area (Å²) in [6.07, 6.45) is 0.872. The van der Waals surface area contributed by atoms with E-state index in [1.54, 1.807) is 18.2 Å². The lowest BCUT2D eigenvalue weighted by Crippen LogP contribution is -2.13. The predicted octanol–water partition coefficient (Wildman–Crippen LogP) is 3.82. The number of amides is 1. The third-order valence-electron chi connectivity index (χ3n) is 3.01. The van der Waals surface area contributed by atoms with Gasteiger partial charge in [-0.2, -0.15) is 5.10 Å². The van der Waals surface area contributed by atoms with E-state index >= 15 is 0 Å². The maximum absolute atomic E-state index is 12.1.